The molecule has 0 N–H and O–H groups in total. The van der Waals surface area contributed by atoms with Crippen LogP contribution >= 0.6 is 0 Å². The van der Waals surface area contributed by atoms with Gasteiger partial charge in [0.1, 0.15) is 17.4 Å². The molecule has 0 aromatic heterocycles. The van der Waals surface area contributed by atoms with Crippen molar-refractivity contribution in [1.82, 2.24) is 0 Å². The number of carbonyl (C=O) groups is 1. The third-order valence-corrected chi connectivity index (χ3v) is 4.17. The van der Waals surface area contributed by atoms with Crippen LogP contribution in [0.1, 0.15) is 45.1 Å². The summed E-state index contributed by atoms with van der Waals surface area (Å²) >= 11 is 0. The van der Waals surface area contributed by atoms with Gasteiger partial charge in [-0.25, -0.2) is 8.78 Å². The molecule has 2 rings (SSSR count). The van der Waals surface area contributed by atoms with E-state index in [1.807, 2.05) is 0 Å². The van der Waals surface area contributed by atoms with Crippen LogP contribution in [0, 0.1) is 23.0 Å². The summed E-state index contributed by atoms with van der Waals surface area (Å²) in [6, 6.07) is 3.29. The van der Waals surface area contributed by atoms with Crippen LogP contribution in [0.15, 0.2) is 18.2 Å². The van der Waals surface area contributed by atoms with Crippen molar-refractivity contribution in [3.05, 3.63) is 35.4 Å². The SMILES string of the molecule is CC1(C)CCC(C(=O)Cc2cc(F)ccc2F)CC1. The summed E-state index contributed by atoms with van der Waals surface area (Å²) in [6.07, 6.45) is 3.78. The molecule has 0 saturated heterocycles. The fourth-order valence-corrected chi connectivity index (χ4v) is 2.73. The van der Waals surface area contributed by atoms with Gasteiger partial charge < -0.3 is 0 Å². The summed E-state index contributed by atoms with van der Waals surface area (Å²) in [5, 5.41) is 0. The van der Waals surface area contributed by atoms with Crippen LogP contribution in [0.2, 0.25) is 0 Å². The van der Waals surface area contributed by atoms with E-state index in [9.17, 15) is 13.6 Å². The minimum absolute atomic E-state index is 0.00862. The molecule has 0 amide bonds. The number of Topliss-reactive ketones (excluding diaryl/α,β-unsaturated/α-hetero) is 1. The zero-order chi connectivity index (χ0) is 14.0. The Kier molecular flexibility index (Phi) is 4.02. The Hall–Kier alpha value is -1.25. The lowest BCUT2D eigenvalue weighted by atomic mass is 9.71. The summed E-state index contributed by atoms with van der Waals surface area (Å²) in [7, 11) is 0. The molecule has 0 aliphatic heterocycles. The van der Waals surface area contributed by atoms with Crippen molar-refractivity contribution in [1.29, 1.82) is 0 Å². The van der Waals surface area contributed by atoms with Crippen molar-refractivity contribution in [2.45, 2.75) is 46.0 Å². The monoisotopic (exact) mass is 266 g/mol. The fourth-order valence-electron chi connectivity index (χ4n) is 2.73. The van der Waals surface area contributed by atoms with Gasteiger partial charge in [0.05, 0.1) is 0 Å². The first-order chi connectivity index (χ1) is 8.87. The summed E-state index contributed by atoms with van der Waals surface area (Å²) in [5.74, 6) is -0.935. The van der Waals surface area contributed by atoms with Gasteiger partial charge in [-0.3, -0.25) is 4.79 Å². The van der Waals surface area contributed by atoms with Gasteiger partial charge in [-0.2, -0.15) is 0 Å². The molecular weight excluding hydrogens is 246 g/mol. The molecule has 0 unspecified atom stereocenters. The highest BCUT2D eigenvalue weighted by Gasteiger charge is 2.30. The smallest absolute Gasteiger partial charge is 0.140 e. The fraction of sp³-hybridized carbons (Fsp3) is 0.562. The molecule has 0 heterocycles. The van der Waals surface area contributed by atoms with Crippen LogP contribution in [0.3, 0.4) is 0 Å². The van der Waals surface area contributed by atoms with E-state index in [0.717, 1.165) is 43.9 Å². The summed E-state index contributed by atoms with van der Waals surface area (Å²) in [5.41, 5.74) is 0.482. The van der Waals surface area contributed by atoms with E-state index >= 15 is 0 Å². The molecule has 0 spiro atoms. The molecule has 1 aromatic carbocycles. The lowest BCUT2D eigenvalue weighted by Gasteiger charge is -2.33. The minimum Gasteiger partial charge on any atom is -0.299 e. The van der Waals surface area contributed by atoms with Crippen LogP contribution in [0.5, 0.6) is 0 Å². The predicted molar refractivity (Wildman–Crippen MR) is 70.8 cm³/mol. The molecule has 1 fully saturated rings. The van der Waals surface area contributed by atoms with E-state index in [2.05, 4.69) is 13.8 Å². The standard InChI is InChI=1S/C16H20F2O/c1-16(2)7-5-11(6-8-16)15(19)10-12-9-13(17)3-4-14(12)18/h3-4,9,11H,5-8,10H2,1-2H3. The predicted octanol–water partition coefficient (Wildman–Crippen LogP) is 4.29. The maximum atomic E-state index is 13.5. The third kappa shape index (κ3) is 3.62. The Morgan fingerprint density at radius 2 is 1.89 bits per heavy atom. The second-order valence-corrected chi connectivity index (χ2v) is 6.32. The summed E-state index contributed by atoms with van der Waals surface area (Å²) in [6.45, 7) is 4.42. The zero-order valence-corrected chi connectivity index (χ0v) is 11.5. The van der Waals surface area contributed by atoms with E-state index in [0.29, 0.717) is 5.41 Å². The number of benzene rings is 1. The highest BCUT2D eigenvalue weighted by molar-refractivity contribution is 5.83. The third-order valence-electron chi connectivity index (χ3n) is 4.17. The molecule has 3 heteroatoms. The van der Waals surface area contributed by atoms with Gasteiger partial charge in [0.2, 0.25) is 0 Å². The first-order valence-electron chi connectivity index (χ1n) is 6.84. The van der Waals surface area contributed by atoms with Gasteiger partial charge in [0.15, 0.2) is 0 Å². The Morgan fingerprint density at radius 3 is 2.53 bits per heavy atom. The normalized spacial score (nSPS) is 19.4. The molecule has 104 valence electrons. The molecular formula is C16H20F2O. The Morgan fingerprint density at radius 1 is 1.26 bits per heavy atom. The maximum Gasteiger partial charge on any atom is 0.140 e. The highest BCUT2D eigenvalue weighted by Crippen LogP contribution is 2.38. The lowest BCUT2D eigenvalue weighted by Crippen LogP contribution is -2.27. The molecule has 1 nitrogen and oxygen atoms in total. The topological polar surface area (TPSA) is 17.1 Å². The van der Waals surface area contributed by atoms with E-state index in [1.54, 1.807) is 0 Å². The minimum atomic E-state index is -0.495. The molecule has 19 heavy (non-hydrogen) atoms. The first kappa shape index (κ1) is 14.2. The average Bonchev–Trinajstić information content (AvgIpc) is 2.33. The van der Waals surface area contributed by atoms with E-state index in [4.69, 9.17) is 0 Å². The van der Waals surface area contributed by atoms with Crippen molar-refractivity contribution in [2.24, 2.45) is 11.3 Å². The zero-order valence-electron chi connectivity index (χ0n) is 11.5. The second-order valence-electron chi connectivity index (χ2n) is 6.32. The Balaban J connectivity index is 2.00. The summed E-state index contributed by atoms with van der Waals surface area (Å²) in [4.78, 5) is 12.2. The second kappa shape index (κ2) is 5.40. The maximum absolute atomic E-state index is 13.5. The first-order valence-corrected chi connectivity index (χ1v) is 6.84. The molecule has 0 atom stereocenters. The van der Waals surface area contributed by atoms with Crippen molar-refractivity contribution >= 4 is 5.78 Å². The molecule has 0 radical (unpaired) electrons. The average molecular weight is 266 g/mol. The highest BCUT2D eigenvalue weighted by atomic mass is 19.1. The van der Waals surface area contributed by atoms with Crippen molar-refractivity contribution in [3.63, 3.8) is 0 Å². The van der Waals surface area contributed by atoms with Crippen LogP contribution in [-0.4, -0.2) is 5.78 Å². The van der Waals surface area contributed by atoms with Gasteiger partial charge in [-0.1, -0.05) is 13.8 Å². The van der Waals surface area contributed by atoms with E-state index in [-0.39, 0.29) is 23.7 Å². The van der Waals surface area contributed by atoms with Crippen LogP contribution < -0.4 is 0 Å². The number of carbonyl (C=O) groups excluding carboxylic acids is 1. The Bertz CT molecular complexity index is 470. The number of hydrogen-bond acceptors (Lipinski definition) is 1. The molecule has 1 aromatic rings. The molecule has 1 saturated carbocycles. The van der Waals surface area contributed by atoms with Gasteiger partial charge in [0.25, 0.3) is 0 Å². The largest absolute Gasteiger partial charge is 0.299 e. The van der Waals surface area contributed by atoms with Crippen molar-refractivity contribution in [3.8, 4) is 0 Å². The van der Waals surface area contributed by atoms with Crippen molar-refractivity contribution < 1.29 is 13.6 Å². The molecule has 1 aliphatic carbocycles. The van der Waals surface area contributed by atoms with Gasteiger partial charge in [-0.15, -0.1) is 0 Å². The van der Waals surface area contributed by atoms with Crippen LogP contribution in [0.25, 0.3) is 0 Å². The van der Waals surface area contributed by atoms with Gasteiger partial charge in [-0.05, 0) is 54.9 Å². The van der Waals surface area contributed by atoms with Crippen LogP contribution in [0.4, 0.5) is 8.78 Å². The Labute approximate surface area is 113 Å². The van der Waals surface area contributed by atoms with Crippen LogP contribution in [-0.2, 0) is 11.2 Å². The number of hydrogen-bond donors (Lipinski definition) is 0. The quantitative estimate of drug-likeness (QED) is 0.797. The van der Waals surface area contributed by atoms with E-state index < -0.39 is 11.6 Å². The molecule has 0 bridgehead atoms. The number of halogens is 2. The van der Waals surface area contributed by atoms with Gasteiger partial charge >= 0.3 is 0 Å². The van der Waals surface area contributed by atoms with E-state index in [1.165, 1.54) is 0 Å². The summed E-state index contributed by atoms with van der Waals surface area (Å²) < 4.78 is 26.6. The lowest BCUT2D eigenvalue weighted by molar-refractivity contribution is -0.123. The van der Waals surface area contributed by atoms with Gasteiger partial charge in [0, 0.05) is 12.3 Å². The van der Waals surface area contributed by atoms with Crippen molar-refractivity contribution in [2.75, 3.05) is 0 Å². The number of rotatable bonds is 3. The molecule has 1 aliphatic rings. The number of ketones is 1.